The Hall–Kier alpha value is -3.14. The molecule has 4 aromatic rings. The number of nitrogen functional groups attached to an aromatic ring is 3. The van der Waals surface area contributed by atoms with E-state index in [0.29, 0.717) is 11.4 Å². The van der Waals surface area contributed by atoms with Gasteiger partial charge in [-0.1, -0.05) is 24.3 Å². The van der Waals surface area contributed by atoms with Crippen molar-refractivity contribution >= 4 is 38.9 Å². The molecular formula is C18H16N4. The van der Waals surface area contributed by atoms with E-state index in [2.05, 4.69) is 16.7 Å². The second kappa shape index (κ2) is 4.43. The molecule has 4 heteroatoms. The third kappa shape index (κ3) is 1.64. The van der Waals surface area contributed by atoms with Gasteiger partial charge in [-0.05, 0) is 36.4 Å². The Labute approximate surface area is 127 Å². The quantitative estimate of drug-likeness (QED) is 0.468. The molecule has 0 bridgehead atoms. The molecule has 0 saturated carbocycles. The number of anilines is 3. The second-order valence-corrected chi connectivity index (χ2v) is 5.42. The van der Waals surface area contributed by atoms with E-state index in [0.717, 1.165) is 33.2 Å². The smallest absolute Gasteiger partial charge is 0.0773 e. The number of rotatable bonds is 1. The van der Waals surface area contributed by atoms with Crippen LogP contribution in [-0.2, 0) is 0 Å². The molecule has 0 aliphatic carbocycles. The average Bonchev–Trinajstić information content (AvgIpc) is 2.84. The van der Waals surface area contributed by atoms with Crippen molar-refractivity contribution in [1.82, 2.24) is 4.57 Å². The number of nitrogens with zero attached hydrogens (tertiary/aromatic N) is 1. The predicted molar refractivity (Wildman–Crippen MR) is 94.0 cm³/mol. The van der Waals surface area contributed by atoms with Crippen LogP contribution in [0.1, 0.15) is 0 Å². The molecule has 0 atom stereocenters. The zero-order valence-corrected chi connectivity index (χ0v) is 12.0. The van der Waals surface area contributed by atoms with E-state index in [4.69, 9.17) is 17.2 Å². The van der Waals surface area contributed by atoms with Crippen LogP contribution in [0.15, 0.2) is 60.7 Å². The van der Waals surface area contributed by atoms with Crippen LogP contribution in [-0.4, -0.2) is 4.57 Å². The minimum Gasteiger partial charge on any atom is -0.399 e. The third-order valence-corrected chi connectivity index (χ3v) is 3.98. The summed E-state index contributed by atoms with van der Waals surface area (Å²) in [4.78, 5) is 0. The van der Waals surface area contributed by atoms with Gasteiger partial charge in [0, 0.05) is 27.8 Å². The van der Waals surface area contributed by atoms with Gasteiger partial charge in [0.2, 0.25) is 0 Å². The Kier molecular flexibility index (Phi) is 2.53. The SMILES string of the molecule is Nc1cc(N)c2c(c1)c1c(N)cccc1n2-c1ccccc1. The summed E-state index contributed by atoms with van der Waals surface area (Å²) in [6.45, 7) is 0. The molecule has 108 valence electrons. The second-order valence-electron chi connectivity index (χ2n) is 5.42. The summed E-state index contributed by atoms with van der Waals surface area (Å²) in [6.07, 6.45) is 0. The van der Waals surface area contributed by atoms with Crippen LogP contribution in [0.25, 0.3) is 27.5 Å². The van der Waals surface area contributed by atoms with Crippen molar-refractivity contribution in [3.05, 3.63) is 60.7 Å². The lowest BCUT2D eigenvalue weighted by atomic mass is 10.1. The highest BCUT2D eigenvalue weighted by atomic mass is 15.0. The maximum absolute atomic E-state index is 6.27. The molecule has 0 radical (unpaired) electrons. The van der Waals surface area contributed by atoms with Crippen LogP contribution >= 0.6 is 0 Å². The topological polar surface area (TPSA) is 83.0 Å². The Balaban J connectivity index is 2.30. The van der Waals surface area contributed by atoms with Gasteiger partial charge in [-0.25, -0.2) is 0 Å². The molecule has 0 saturated heterocycles. The molecule has 0 aliphatic heterocycles. The molecule has 4 nitrogen and oxygen atoms in total. The Bertz CT molecular complexity index is 1000. The predicted octanol–water partition coefficient (Wildman–Crippen LogP) is 3.53. The minimum atomic E-state index is 0.639. The van der Waals surface area contributed by atoms with Crippen molar-refractivity contribution in [1.29, 1.82) is 0 Å². The van der Waals surface area contributed by atoms with Crippen LogP contribution in [0, 0.1) is 0 Å². The van der Waals surface area contributed by atoms with Crippen LogP contribution in [0.3, 0.4) is 0 Å². The molecule has 0 fully saturated rings. The van der Waals surface area contributed by atoms with Gasteiger partial charge in [-0.15, -0.1) is 0 Å². The van der Waals surface area contributed by atoms with Gasteiger partial charge >= 0.3 is 0 Å². The van der Waals surface area contributed by atoms with Crippen LogP contribution < -0.4 is 17.2 Å². The van der Waals surface area contributed by atoms with Gasteiger partial charge in [-0.2, -0.15) is 0 Å². The lowest BCUT2D eigenvalue weighted by Crippen LogP contribution is -1.98. The lowest BCUT2D eigenvalue weighted by molar-refractivity contribution is 1.18. The highest BCUT2D eigenvalue weighted by Gasteiger charge is 2.16. The number of nitrogens with two attached hydrogens (primary N) is 3. The van der Waals surface area contributed by atoms with Crippen LogP contribution in [0.5, 0.6) is 0 Å². The highest BCUT2D eigenvalue weighted by molar-refractivity contribution is 6.18. The fourth-order valence-corrected chi connectivity index (χ4v) is 3.12. The van der Waals surface area contributed by atoms with Gasteiger partial charge in [-0.3, -0.25) is 0 Å². The Morgan fingerprint density at radius 2 is 1.50 bits per heavy atom. The maximum atomic E-state index is 6.27. The number of fused-ring (bicyclic) bond motifs is 3. The van der Waals surface area contributed by atoms with Crippen molar-refractivity contribution in [2.24, 2.45) is 0 Å². The van der Waals surface area contributed by atoms with E-state index in [-0.39, 0.29) is 0 Å². The van der Waals surface area contributed by atoms with E-state index < -0.39 is 0 Å². The molecule has 3 aromatic carbocycles. The number of hydrogen-bond donors (Lipinski definition) is 3. The molecule has 0 amide bonds. The number of hydrogen-bond acceptors (Lipinski definition) is 3. The first-order valence-electron chi connectivity index (χ1n) is 7.10. The largest absolute Gasteiger partial charge is 0.399 e. The zero-order valence-electron chi connectivity index (χ0n) is 12.0. The normalized spacial score (nSPS) is 11.3. The highest BCUT2D eigenvalue weighted by Crippen LogP contribution is 2.38. The molecular weight excluding hydrogens is 272 g/mol. The molecule has 0 aliphatic rings. The van der Waals surface area contributed by atoms with Gasteiger partial charge in [0.05, 0.1) is 16.7 Å². The van der Waals surface area contributed by atoms with Gasteiger partial charge in [0.1, 0.15) is 0 Å². The van der Waals surface area contributed by atoms with Crippen LogP contribution in [0.4, 0.5) is 17.1 Å². The van der Waals surface area contributed by atoms with E-state index in [1.54, 1.807) is 6.07 Å². The number of benzene rings is 3. The first-order chi connectivity index (χ1) is 10.7. The summed E-state index contributed by atoms with van der Waals surface area (Å²) >= 11 is 0. The van der Waals surface area contributed by atoms with Gasteiger partial charge < -0.3 is 21.8 Å². The summed E-state index contributed by atoms with van der Waals surface area (Å²) in [6, 6.07) is 19.7. The zero-order chi connectivity index (χ0) is 15.3. The standard InChI is InChI=1S/C18H16N4/c19-11-9-13-17-14(20)7-4-8-16(17)22(18(13)15(21)10-11)12-5-2-1-3-6-12/h1-10H,19-21H2. The maximum Gasteiger partial charge on any atom is 0.0773 e. The first kappa shape index (κ1) is 12.6. The first-order valence-corrected chi connectivity index (χ1v) is 7.10. The summed E-state index contributed by atoms with van der Waals surface area (Å²) in [7, 11) is 0. The number of para-hydroxylation sites is 1. The molecule has 22 heavy (non-hydrogen) atoms. The fourth-order valence-electron chi connectivity index (χ4n) is 3.12. The van der Waals surface area contributed by atoms with E-state index in [1.807, 2.05) is 42.5 Å². The lowest BCUT2D eigenvalue weighted by Gasteiger charge is -2.09. The molecule has 1 heterocycles. The monoisotopic (exact) mass is 288 g/mol. The molecule has 4 rings (SSSR count). The Morgan fingerprint density at radius 1 is 0.727 bits per heavy atom. The Morgan fingerprint density at radius 3 is 2.27 bits per heavy atom. The summed E-state index contributed by atoms with van der Waals surface area (Å²) in [5, 5.41) is 1.97. The van der Waals surface area contributed by atoms with Crippen molar-refractivity contribution in [3.63, 3.8) is 0 Å². The molecule has 0 spiro atoms. The van der Waals surface area contributed by atoms with E-state index >= 15 is 0 Å². The third-order valence-electron chi connectivity index (χ3n) is 3.98. The van der Waals surface area contributed by atoms with E-state index in [1.165, 1.54) is 0 Å². The van der Waals surface area contributed by atoms with Gasteiger partial charge in [0.15, 0.2) is 0 Å². The molecule has 0 unspecified atom stereocenters. The van der Waals surface area contributed by atoms with Crippen molar-refractivity contribution < 1.29 is 0 Å². The summed E-state index contributed by atoms with van der Waals surface area (Å²) in [5.74, 6) is 0. The van der Waals surface area contributed by atoms with Crippen LogP contribution in [0.2, 0.25) is 0 Å². The number of aromatic nitrogens is 1. The van der Waals surface area contributed by atoms with E-state index in [9.17, 15) is 0 Å². The average molecular weight is 288 g/mol. The van der Waals surface area contributed by atoms with Crippen molar-refractivity contribution in [2.75, 3.05) is 17.2 Å². The summed E-state index contributed by atoms with van der Waals surface area (Å²) < 4.78 is 2.13. The van der Waals surface area contributed by atoms with Crippen molar-refractivity contribution in [2.45, 2.75) is 0 Å². The summed E-state index contributed by atoms with van der Waals surface area (Å²) in [5.41, 5.74) is 23.5. The molecule has 6 N–H and O–H groups in total. The fraction of sp³-hybridized carbons (Fsp3) is 0. The molecule has 1 aromatic heterocycles. The van der Waals surface area contributed by atoms with Crippen molar-refractivity contribution in [3.8, 4) is 5.69 Å². The minimum absolute atomic E-state index is 0.639. The van der Waals surface area contributed by atoms with Gasteiger partial charge in [0.25, 0.3) is 0 Å².